The Labute approximate surface area is 231 Å². The van der Waals surface area contributed by atoms with Crippen LogP contribution < -0.4 is 15.4 Å². The Balaban J connectivity index is 0.00000190. The minimum atomic E-state index is -0.538. The molecule has 3 aromatic rings. The Morgan fingerprint density at radius 1 is 1.27 bits per heavy atom. The molecule has 0 saturated carbocycles. The molecule has 1 amide bonds. The van der Waals surface area contributed by atoms with Gasteiger partial charge >= 0.3 is 0 Å². The molecule has 2 atom stereocenters. The van der Waals surface area contributed by atoms with Crippen LogP contribution in [0, 0.1) is 5.82 Å². The summed E-state index contributed by atoms with van der Waals surface area (Å²) in [5.74, 6) is 0.719. The second-order valence-electron chi connectivity index (χ2n) is 8.89. The molecule has 0 bridgehead atoms. The van der Waals surface area contributed by atoms with Gasteiger partial charge in [-0.2, -0.15) is 0 Å². The zero-order valence-electron chi connectivity index (χ0n) is 20.3. The number of thioether (sulfide) groups is 1. The number of halogens is 3. The molecular formula is C25H30Cl2FN5O3S. The van der Waals surface area contributed by atoms with Crippen LogP contribution in [0.4, 0.5) is 10.1 Å². The SMILES string of the molecule is COc1ccc2ncc(F)c(CCN3CC[C@H](NCc4cnc5c(c4)NC(=O)CS5)[C@@H](O)C3)c2c1.Cl.Cl. The molecule has 8 nitrogen and oxygen atoms in total. The molecule has 0 radical (unpaired) electrons. The first kappa shape index (κ1) is 29.3. The zero-order chi connectivity index (χ0) is 24.4. The lowest BCUT2D eigenvalue weighted by Crippen LogP contribution is -2.52. The molecule has 0 aliphatic carbocycles. The van der Waals surface area contributed by atoms with Crippen LogP contribution in [0.15, 0.2) is 41.7 Å². The summed E-state index contributed by atoms with van der Waals surface area (Å²) in [5, 5.41) is 18.6. The predicted molar refractivity (Wildman–Crippen MR) is 148 cm³/mol. The first-order valence-corrected chi connectivity index (χ1v) is 12.6. The van der Waals surface area contributed by atoms with Crippen LogP contribution in [0.1, 0.15) is 17.5 Å². The fourth-order valence-corrected chi connectivity index (χ4v) is 5.39. The van der Waals surface area contributed by atoms with E-state index in [0.717, 1.165) is 40.1 Å². The van der Waals surface area contributed by atoms with Gasteiger partial charge in [-0.25, -0.2) is 9.37 Å². The number of amides is 1. The standard InChI is InChI=1S/C25H28FN5O3S.2ClH/c1-34-16-2-3-20-18(9-16)17(19(26)12-28-20)4-6-31-7-5-21(23(32)13-31)27-10-15-8-22-25(29-11-15)35-14-24(33)30-22;;/h2-3,8-9,11-12,21,23,27,32H,4-7,10,13-14H2,1H3,(H,30,33);2*1H/t21-,23-;;/m0../s1. The van der Waals surface area contributed by atoms with Gasteiger partial charge in [-0.05, 0) is 49.2 Å². The molecule has 4 heterocycles. The molecule has 1 fully saturated rings. The number of likely N-dealkylation sites (tertiary alicyclic amines) is 1. The lowest BCUT2D eigenvalue weighted by Gasteiger charge is -2.36. The van der Waals surface area contributed by atoms with E-state index in [1.807, 2.05) is 24.3 Å². The van der Waals surface area contributed by atoms with Crippen molar-refractivity contribution in [3.63, 3.8) is 0 Å². The molecule has 2 aliphatic rings. The summed E-state index contributed by atoms with van der Waals surface area (Å²) in [7, 11) is 1.59. The summed E-state index contributed by atoms with van der Waals surface area (Å²) in [5.41, 5.74) is 3.06. The van der Waals surface area contributed by atoms with Crippen LogP contribution in [-0.2, 0) is 17.8 Å². The van der Waals surface area contributed by atoms with Gasteiger partial charge in [-0.3, -0.25) is 9.78 Å². The summed E-state index contributed by atoms with van der Waals surface area (Å²) < 4.78 is 19.9. The van der Waals surface area contributed by atoms with Crippen molar-refractivity contribution in [1.29, 1.82) is 0 Å². The van der Waals surface area contributed by atoms with Gasteiger partial charge in [-0.1, -0.05) is 11.8 Å². The number of ether oxygens (including phenoxy) is 1. The number of carbonyl (C=O) groups excluding carboxylic acids is 1. The Morgan fingerprint density at radius 2 is 2.11 bits per heavy atom. The van der Waals surface area contributed by atoms with Gasteiger partial charge in [0.25, 0.3) is 0 Å². The second-order valence-corrected chi connectivity index (χ2v) is 9.86. The van der Waals surface area contributed by atoms with Crippen molar-refractivity contribution in [2.45, 2.75) is 36.6 Å². The highest BCUT2D eigenvalue weighted by molar-refractivity contribution is 8.00. The number of piperidine rings is 1. The number of β-amino-alcohol motifs (C(OH)–C–C–N with tert-alkyl or cyclic N) is 1. The molecule has 0 unspecified atom stereocenters. The average Bonchev–Trinajstić information content (AvgIpc) is 2.87. The smallest absolute Gasteiger partial charge is 0.234 e. The van der Waals surface area contributed by atoms with E-state index in [1.165, 1.54) is 18.0 Å². The summed E-state index contributed by atoms with van der Waals surface area (Å²) >= 11 is 1.44. The number of benzene rings is 1. The summed E-state index contributed by atoms with van der Waals surface area (Å²) in [6, 6.07) is 7.37. The molecule has 2 aliphatic heterocycles. The molecule has 3 N–H and O–H groups in total. The van der Waals surface area contributed by atoms with E-state index >= 15 is 0 Å². The minimum absolute atomic E-state index is 0. The third-order valence-electron chi connectivity index (χ3n) is 6.57. The number of aliphatic hydroxyl groups excluding tert-OH is 1. The van der Waals surface area contributed by atoms with E-state index in [-0.39, 0.29) is 42.6 Å². The van der Waals surface area contributed by atoms with Crippen LogP contribution in [0.2, 0.25) is 0 Å². The van der Waals surface area contributed by atoms with Gasteiger partial charge < -0.3 is 25.4 Å². The van der Waals surface area contributed by atoms with E-state index in [4.69, 9.17) is 4.74 Å². The highest BCUT2D eigenvalue weighted by atomic mass is 35.5. The lowest BCUT2D eigenvalue weighted by atomic mass is 10.00. The van der Waals surface area contributed by atoms with Gasteiger partial charge in [0, 0.05) is 42.8 Å². The number of methoxy groups -OCH3 is 1. The number of rotatable bonds is 7. The monoisotopic (exact) mass is 569 g/mol. The van der Waals surface area contributed by atoms with Crippen LogP contribution >= 0.6 is 36.6 Å². The Kier molecular flexibility index (Phi) is 10.3. The first-order valence-electron chi connectivity index (χ1n) is 11.7. The van der Waals surface area contributed by atoms with E-state index < -0.39 is 6.10 Å². The van der Waals surface area contributed by atoms with E-state index in [2.05, 4.69) is 25.5 Å². The highest BCUT2D eigenvalue weighted by Crippen LogP contribution is 2.30. The highest BCUT2D eigenvalue weighted by Gasteiger charge is 2.27. The summed E-state index contributed by atoms with van der Waals surface area (Å²) in [6.45, 7) is 2.51. The predicted octanol–water partition coefficient (Wildman–Crippen LogP) is 3.43. The van der Waals surface area contributed by atoms with Crippen LogP contribution in [0.5, 0.6) is 5.75 Å². The van der Waals surface area contributed by atoms with Crippen molar-refractivity contribution >= 4 is 59.1 Å². The van der Waals surface area contributed by atoms with Crippen molar-refractivity contribution in [2.75, 3.05) is 37.8 Å². The van der Waals surface area contributed by atoms with E-state index in [0.29, 0.717) is 43.1 Å². The van der Waals surface area contributed by atoms with Crippen molar-refractivity contribution in [2.24, 2.45) is 0 Å². The fraction of sp³-hybridized carbons (Fsp3) is 0.400. The normalized spacial score (nSPS) is 19.4. The minimum Gasteiger partial charge on any atom is -0.497 e. The van der Waals surface area contributed by atoms with Crippen LogP contribution in [0.25, 0.3) is 10.9 Å². The molecule has 12 heteroatoms. The maximum Gasteiger partial charge on any atom is 0.234 e. The lowest BCUT2D eigenvalue weighted by molar-refractivity contribution is -0.113. The van der Waals surface area contributed by atoms with Gasteiger partial charge in [-0.15, -0.1) is 24.8 Å². The molecule has 1 aromatic carbocycles. The number of aliphatic hydroxyl groups is 1. The number of aromatic nitrogens is 2. The third kappa shape index (κ3) is 6.81. The van der Waals surface area contributed by atoms with Crippen LogP contribution in [-0.4, -0.2) is 70.5 Å². The number of anilines is 1. The molecule has 1 saturated heterocycles. The van der Waals surface area contributed by atoms with Gasteiger partial charge in [0.1, 0.15) is 16.6 Å². The number of fused-ring (bicyclic) bond motifs is 2. The fourth-order valence-electron chi connectivity index (χ4n) is 4.66. The van der Waals surface area contributed by atoms with Gasteiger partial charge in [0.05, 0.1) is 36.4 Å². The van der Waals surface area contributed by atoms with Gasteiger partial charge in [0.15, 0.2) is 0 Å². The van der Waals surface area contributed by atoms with Crippen molar-refractivity contribution < 1.29 is 19.0 Å². The van der Waals surface area contributed by atoms with Crippen LogP contribution in [0.3, 0.4) is 0 Å². The molecular weight excluding hydrogens is 540 g/mol. The average molecular weight is 571 g/mol. The number of nitrogens with one attached hydrogen (secondary N) is 2. The Hall–Kier alpha value is -2.21. The third-order valence-corrected chi connectivity index (χ3v) is 7.57. The summed E-state index contributed by atoms with van der Waals surface area (Å²) in [4.78, 5) is 22.4. The largest absolute Gasteiger partial charge is 0.497 e. The van der Waals surface area contributed by atoms with Crippen molar-refractivity contribution in [3.05, 3.63) is 53.6 Å². The number of hydrogen-bond donors (Lipinski definition) is 3. The van der Waals surface area contributed by atoms with E-state index in [9.17, 15) is 14.3 Å². The first-order chi connectivity index (χ1) is 17.0. The Bertz CT molecular complexity index is 1250. The zero-order valence-corrected chi connectivity index (χ0v) is 22.7. The molecule has 200 valence electrons. The maximum atomic E-state index is 14.6. The number of pyridine rings is 2. The molecule has 2 aromatic heterocycles. The van der Waals surface area contributed by atoms with Gasteiger partial charge in [0.2, 0.25) is 5.91 Å². The molecule has 5 rings (SSSR count). The van der Waals surface area contributed by atoms with Crippen molar-refractivity contribution in [3.8, 4) is 5.75 Å². The number of nitrogens with zero attached hydrogens (tertiary/aromatic N) is 3. The second kappa shape index (κ2) is 13.0. The molecule has 37 heavy (non-hydrogen) atoms. The number of carbonyl (C=O) groups is 1. The quantitative estimate of drug-likeness (QED) is 0.398. The van der Waals surface area contributed by atoms with Crippen molar-refractivity contribution in [1.82, 2.24) is 20.2 Å². The topological polar surface area (TPSA) is 99.6 Å². The summed E-state index contributed by atoms with van der Waals surface area (Å²) in [6.07, 6.45) is 3.84. The number of hydrogen-bond acceptors (Lipinski definition) is 8. The maximum absolute atomic E-state index is 14.6. The Morgan fingerprint density at radius 3 is 2.89 bits per heavy atom. The molecule has 0 spiro atoms. The van der Waals surface area contributed by atoms with E-state index in [1.54, 1.807) is 13.3 Å².